The molecule has 0 saturated carbocycles. The molecule has 0 atom stereocenters. The Morgan fingerprint density at radius 2 is 1.63 bits per heavy atom. The van der Waals surface area contributed by atoms with E-state index in [0.717, 1.165) is 5.56 Å². The molecule has 1 aromatic heterocycles. The molecule has 0 unspecified atom stereocenters. The van der Waals surface area contributed by atoms with Crippen molar-refractivity contribution < 1.29 is 18.6 Å². The summed E-state index contributed by atoms with van der Waals surface area (Å²) in [7, 11) is 0. The Morgan fingerprint density at radius 1 is 0.867 bits per heavy atom. The Kier molecular flexibility index (Phi) is 5.70. The van der Waals surface area contributed by atoms with E-state index in [1.165, 1.54) is 11.8 Å². The lowest BCUT2D eigenvalue weighted by atomic mass is 10.1. The summed E-state index contributed by atoms with van der Waals surface area (Å²) in [5.41, 5.74) is 2.45. The molecule has 4 rings (SSSR count). The Balaban J connectivity index is 1.57. The molecule has 5 nitrogen and oxygen atoms in total. The highest BCUT2D eigenvalue weighted by atomic mass is 16.5. The lowest BCUT2D eigenvalue weighted by Crippen LogP contribution is -2.06. The maximum atomic E-state index is 12.9. The van der Waals surface area contributed by atoms with Crippen molar-refractivity contribution in [2.75, 3.05) is 6.61 Å². The summed E-state index contributed by atoms with van der Waals surface area (Å²) in [5.74, 6) is 1.76. The van der Waals surface area contributed by atoms with Crippen LogP contribution in [0.25, 0.3) is 11.0 Å². The van der Waals surface area contributed by atoms with E-state index in [9.17, 15) is 4.79 Å². The summed E-state index contributed by atoms with van der Waals surface area (Å²) in [6, 6.07) is 20.4. The summed E-state index contributed by atoms with van der Waals surface area (Å²) >= 11 is 0. The fourth-order valence-corrected chi connectivity index (χ4v) is 3.11. The van der Waals surface area contributed by atoms with Crippen LogP contribution in [0, 0.1) is 6.92 Å². The molecule has 0 N–H and O–H groups in total. The van der Waals surface area contributed by atoms with Crippen LogP contribution in [0.1, 0.15) is 18.1 Å². The van der Waals surface area contributed by atoms with Crippen molar-refractivity contribution in [3.63, 3.8) is 0 Å². The zero-order valence-corrected chi connectivity index (χ0v) is 16.9. The van der Waals surface area contributed by atoms with Crippen LogP contribution in [0.4, 0.5) is 0 Å². The monoisotopic (exact) mass is 402 g/mol. The predicted molar refractivity (Wildman–Crippen MR) is 116 cm³/mol. The molecule has 1 heterocycles. The van der Waals surface area contributed by atoms with E-state index in [1.807, 2.05) is 50.2 Å². The number of hydrogen-bond acceptors (Lipinski definition) is 5. The van der Waals surface area contributed by atoms with E-state index in [1.54, 1.807) is 30.3 Å². The molecule has 0 aliphatic carbocycles. The molecule has 4 aromatic rings. The van der Waals surface area contributed by atoms with E-state index in [0.29, 0.717) is 41.4 Å². The summed E-state index contributed by atoms with van der Waals surface area (Å²) in [6.07, 6.45) is 1.32. The third kappa shape index (κ3) is 4.15. The maximum Gasteiger partial charge on any atom is 0.235 e. The van der Waals surface area contributed by atoms with E-state index in [4.69, 9.17) is 18.6 Å². The number of benzene rings is 3. The molecule has 0 fully saturated rings. The smallest absolute Gasteiger partial charge is 0.235 e. The van der Waals surface area contributed by atoms with Gasteiger partial charge in [0.15, 0.2) is 11.5 Å². The minimum atomic E-state index is -0.256. The average Bonchev–Trinajstić information content (AvgIpc) is 2.76. The van der Waals surface area contributed by atoms with Crippen LogP contribution in [0.3, 0.4) is 0 Å². The molecule has 0 saturated heterocycles. The van der Waals surface area contributed by atoms with Crippen LogP contribution in [-0.4, -0.2) is 6.61 Å². The van der Waals surface area contributed by atoms with Gasteiger partial charge in [0.05, 0.1) is 12.0 Å². The Morgan fingerprint density at radius 3 is 2.43 bits per heavy atom. The number of aryl methyl sites for hydroxylation is 1. The summed E-state index contributed by atoms with van der Waals surface area (Å²) in [6.45, 7) is 4.87. The van der Waals surface area contributed by atoms with Crippen molar-refractivity contribution in [1.82, 2.24) is 0 Å². The summed E-state index contributed by atoms with van der Waals surface area (Å²) < 4.78 is 22.9. The number of ether oxygens (including phenoxy) is 3. The highest BCUT2D eigenvalue weighted by Gasteiger charge is 2.13. The zero-order valence-electron chi connectivity index (χ0n) is 16.9. The Bertz CT molecular complexity index is 1230. The van der Waals surface area contributed by atoms with Crippen LogP contribution in [0.5, 0.6) is 23.0 Å². The van der Waals surface area contributed by atoms with Gasteiger partial charge in [0.2, 0.25) is 11.2 Å². The van der Waals surface area contributed by atoms with Gasteiger partial charge in [0, 0.05) is 6.07 Å². The van der Waals surface area contributed by atoms with Gasteiger partial charge in [0.25, 0.3) is 0 Å². The second-order valence-corrected chi connectivity index (χ2v) is 6.78. The third-order valence-electron chi connectivity index (χ3n) is 4.74. The van der Waals surface area contributed by atoms with Crippen LogP contribution in [-0.2, 0) is 6.61 Å². The molecule has 5 heteroatoms. The van der Waals surface area contributed by atoms with Gasteiger partial charge in [0.1, 0.15) is 24.2 Å². The van der Waals surface area contributed by atoms with E-state index in [-0.39, 0.29) is 11.2 Å². The van der Waals surface area contributed by atoms with Gasteiger partial charge in [-0.05, 0) is 49.2 Å². The quantitative estimate of drug-likeness (QED) is 0.387. The minimum absolute atomic E-state index is 0.100. The highest BCUT2D eigenvalue weighted by Crippen LogP contribution is 2.31. The lowest BCUT2D eigenvalue weighted by molar-refractivity contribution is 0.305. The van der Waals surface area contributed by atoms with Crippen LogP contribution < -0.4 is 19.6 Å². The van der Waals surface area contributed by atoms with E-state index < -0.39 is 0 Å². The van der Waals surface area contributed by atoms with Crippen molar-refractivity contribution in [1.29, 1.82) is 0 Å². The largest absolute Gasteiger partial charge is 0.490 e. The fraction of sp³-hybridized carbons (Fsp3) is 0.160. The highest BCUT2D eigenvalue weighted by molar-refractivity contribution is 5.79. The molecule has 3 aromatic carbocycles. The molecule has 0 spiro atoms. The first-order valence-electron chi connectivity index (χ1n) is 9.78. The first-order chi connectivity index (χ1) is 14.7. The molecule has 0 radical (unpaired) electrons. The Labute approximate surface area is 174 Å². The Hall–Kier alpha value is -3.73. The summed E-state index contributed by atoms with van der Waals surface area (Å²) in [5, 5.41) is 0.421. The topological polar surface area (TPSA) is 57.9 Å². The fourth-order valence-electron chi connectivity index (χ4n) is 3.11. The molecular weight excluding hydrogens is 380 g/mol. The van der Waals surface area contributed by atoms with Crippen molar-refractivity contribution in [2.24, 2.45) is 0 Å². The molecule has 152 valence electrons. The average molecular weight is 402 g/mol. The van der Waals surface area contributed by atoms with E-state index in [2.05, 4.69) is 0 Å². The number of hydrogen-bond donors (Lipinski definition) is 0. The summed E-state index contributed by atoms with van der Waals surface area (Å²) in [4.78, 5) is 12.9. The van der Waals surface area contributed by atoms with Crippen molar-refractivity contribution >= 4 is 11.0 Å². The molecule has 0 aliphatic rings. The normalized spacial score (nSPS) is 10.7. The molecule has 0 aliphatic heterocycles. The third-order valence-corrected chi connectivity index (χ3v) is 4.74. The zero-order chi connectivity index (χ0) is 20.9. The van der Waals surface area contributed by atoms with Gasteiger partial charge in [-0.2, -0.15) is 0 Å². The molecule has 0 amide bonds. The SMILES string of the molecule is CCOc1ccccc1Oc1coc2cc(OCc3ccccc3C)ccc2c1=O. The maximum absolute atomic E-state index is 12.9. The van der Waals surface area contributed by atoms with Crippen molar-refractivity contribution in [2.45, 2.75) is 20.5 Å². The number of fused-ring (bicyclic) bond motifs is 1. The molecule has 30 heavy (non-hydrogen) atoms. The number of para-hydroxylation sites is 2. The molecule has 0 bridgehead atoms. The second-order valence-electron chi connectivity index (χ2n) is 6.78. The first kappa shape index (κ1) is 19.6. The van der Waals surface area contributed by atoms with Gasteiger partial charge >= 0.3 is 0 Å². The van der Waals surface area contributed by atoms with Crippen LogP contribution >= 0.6 is 0 Å². The van der Waals surface area contributed by atoms with Gasteiger partial charge < -0.3 is 18.6 Å². The van der Waals surface area contributed by atoms with Gasteiger partial charge in [-0.1, -0.05) is 36.4 Å². The van der Waals surface area contributed by atoms with E-state index >= 15 is 0 Å². The lowest BCUT2D eigenvalue weighted by Gasteiger charge is -2.11. The predicted octanol–water partition coefficient (Wildman–Crippen LogP) is 5.87. The second kappa shape index (κ2) is 8.74. The van der Waals surface area contributed by atoms with Crippen molar-refractivity contribution in [3.8, 4) is 23.0 Å². The van der Waals surface area contributed by atoms with Crippen LogP contribution in [0.2, 0.25) is 0 Å². The first-order valence-corrected chi connectivity index (χ1v) is 9.78. The van der Waals surface area contributed by atoms with Gasteiger partial charge in [-0.3, -0.25) is 4.79 Å². The molecular formula is C25H22O5. The minimum Gasteiger partial charge on any atom is -0.490 e. The van der Waals surface area contributed by atoms with Crippen LogP contribution in [0.15, 0.2) is 82.2 Å². The number of rotatable bonds is 7. The standard InChI is InChI=1S/C25H22O5/c1-3-27-21-10-6-7-11-22(21)30-24-16-29-23-14-19(12-13-20(23)25(24)26)28-15-18-9-5-4-8-17(18)2/h4-14,16H,3,15H2,1-2H3. The van der Waals surface area contributed by atoms with Gasteiger partial charge in [-0.25, -0.2) is 0 Å². The van der Waals surface area contributed by atoms with Gasteiger partial charge in [-0.15, -0.1) is 0 Å². The van der Waals surface area contributed by atoms with Crippen molar-refractivity contribution in [3.05, 3.63) is 94.3 Å².